The lowest BCUT2D eigenvalue weighted by atomic mass is 9.44. The van der Waals surface area contributed by atoms with E-state index < -0.39 is 34.3 Å². The Balaban J connectivity index is 1.38. The molecular weight excluding hydrogens is 540 g/mol. The molecule has 0 aromatic heterocycles. The molecule has 6 fully saturated rings. The number of ether oxygens (including phenoxy) is 4. The molecular formula is C32H44N2O8. The van der Waals surface area contributed by atoms with Crippen LogP contribution in [0.5, 0.6) is 0 Å². The molecule has 1 unspecified atom stereocenters. The van der Waals surface area contributed by atoms with Crippen LogP contribution in [-0.4, -0.2) is 103 Å². The van der Waals surface area contributed by atoms with E-state index in [4.69, 9.17) is 18.9 Å². The lowest BCUT2D eigenvalue weighted by Gasteiger charge is -2.70. The summed E-state index contributed by atoms with van der Waals surface area (Å²) in [6, 6.07) is 6.89. The number of carbonyl (C=O) groups is 2. The van der Waals surface area contributed by atoms with Crippen molar-refractivity contribution in [3.05, 3.63) is 29.8 Å². The first kappa shape index (κ1) is 28.7. The molecule has 1 aromatic carbocycles. The molecule has 1 saturated heterocycles. The van der Waals surface area contributed by atoms with Crippen molar-refractivity contribution in [1.29, 1.82) is 0 Å². The van der Waals surface area contributed by atoms with Crippen LogP contribution >= 0.6 is 0 Å². The Labute approximate surface area is 247 Å². The summed E-state index contributed by atoms with van der Waals surface area (Å²) in [5.74, 6) is -1.54. The van der Waals surface area contributed by atoms with Crippen LogP contribution in [0.25, 0.3) is 0 Å². The highest BCUT2D eigenvalue weighted by atomic mass is 16.6. The maximum Gasteiger partial charge on any atom is 0.340 e. The van der Waals surface area contributed by atoms with Crippen LogP contribution in [-0.2, 0) is 23.7 Å². The SMILES string of the molecule is CCN1C[C@]2(OC(=O)c3ccccc3NC(C)=O)CC[C@H](OC)[C@]34C1[C@@H](C[C@H]23)[C@@]1(O)C[C@H](OC)[C@H]2C[C@H]4[C@]1(O)[C@@H]2OC. The Kier molecular flexibility index (Phi) is 6.46. The van der Waals surface area contributed by atoms with E-state index in [1.807, 2.05) is 0 Å². The maximum absolute atomic E-state index is 14.0. The summed E-state index contributed by atoms with van der Waals surface area (Å²) in [6.45, 7) is 4.79. The predicted molar refractivity (Wildman–Crippen MR) is 152 cm³/mol. The Morgan fingerprint density at radius 3 is 2.50 bits per heavy atom. The van der Waals surface area contributed by atoms with Crippen molar-refractivity contribution >= 4 is 17.6 Å². The average molecular weight is 585 g/mol. The number of methoxy groups -OCH3 is 3. The van der Waals surface area contributed by atoms with Gasteiger partial charge in [-0.3, -0.25) is 9.69 Å². The number of fused-ring (bicyclic) bond motifs is 2. The summed E-state index contributed by atoms with van der Waals surface area (Å²) in [6.07, 6.45) is 1.91. The zero-order valence-electron chi connectivity index (χ0n) is 25.2. The summed E-state index contributed by atoms with van der Waals surface area (Å²) >= 11 is 0. The van der Waals surface area contributed by atoms with Gasteiger partial charge in [-0.2, -0.15) is 0 Å². The third-order valence-electron chi connectivity index (χ3n) is 12.6. The first-order chi connectivity index (χ1) is 20.1. The number of anilines is 1. The van der Waals surface area contributed by atoms with Gasteiger partial charge in [0.05, 0.1) is 29.6 Å². The second-order valence-electron chi connectivity index (χ2n) is 13.7. The van der Waals surface area contributed by atoms with Crippen molar-refractivity contribution in [2.24, 2.45) is 29.1 Å². The Morgan fingerprint density at radius 1 is 1.07 bits per heavy atom. The van der Waals surface area contributed by atoms with Gasteiger partial charge < -0.3 is 34.5 Å². The quantitative estimate of drug-likeness (QED) is 0.414. The normalized spacial score (nSPS) is 48.2. The van der Waals surface area contributed by atoms with E-state index in [9.17, 15) is 19.8 Å². The summed E-state index contributed by atoms with van der Waals surface area (Å²) in [4.78, 5) is 28.3. The molecule has 10 nitrogen and oxygen atoms in total. The van der Waals surface area contributed by atoms with Crippen molar-refractivity contribution in [2.75, 3.05) is 39.7 Å². The van der Waals surface area contributed by atoms with Crippen LogP contribution < -0.4 is 5.32 Å². The number of rotatable bonds is 7. The number of piperidine rings is 1. The summed E-state index contributed by atoms with van der Waals surface area (Å²) in [5.41, 5.74) is -3.57. The van der Waals surface area contributed by atoms with Crippen LogP contribution in [0.15, 0.2) is 24.3 Å². The number of likely N-dealkylation sites (N-methyl/N-ethyl adjacent to an activating group) is 1. The molecule has 12 atom stereocenters. The number of hydrogen-bond acceptors (Lipinski definition) is 9. The average Bonchev–Trinajstić information content (AvgIpc) is 3.39. The molecule has 1 aliphatic heterocycles. The zero-order chi connectivity index (χ0) is 29.8. The second-order valence-corrected chi connectivity index (χ2v) is 13.7. The fraction of sp³-hybridized carbons (Fsp3) is 0.750. The van der Waals surface area contributed by atoms with Gasteiger partial charge in [-0.05, 0) is 44.4 Å². The van der Waals surface area contributed by atoms with E-state index in [-0.39, 0.29) is 47.8 Å². The lowest BCUT2D eigenvalue weighted by Crippen LogP contribution is -2.83. The van der Waals surface area contributed by atoms with Crippen molar-refractivity contribution in [3.8, 4) is 0 Å². The minimum Gasteiger partial charge on any atom is -0.454 e. The van der Waals surface area contributed by atoms with E-state index in [0.29, 0.717) is 56.4 Å². The van der Waals surface area contributed by atoms with Crippen LogP contribution in [0, 0.1) is 29.1 Å². The van der Waals surface area contributed by atoms with Crippen LogP contribution in [0.3, 0.4) is 0 Å². The molecule has 230 valence electrons. The second kappa shape index (κ2) is 9.46. The van der Waals surface area contributed by atoms with E-state index >= 15 is 0 Å². The molecule has 1 spiro atoms. The van der Waals surface area contributed by atoms with Gasteiger partial charge in [0.1, 0.15) is 16.8 Å². The Morgan fingerprint density at radius 2 is 1.83 bits per heavy atom. The van der Waals surface area contributed by atoms with E-state index in [0.717, 1.165) is 0 Å². The number of nitrogens with zero attached hydrogens (tertiary/aromatic N) is 1. The zero-order valence-corrected chi connectivity index (χ0v) is 25.2. The first-order valence-corrected chi connectivity index (χ1v) is 15.4. The molecule has 1 amide bonds. The monoisotopic (exact) mass is 584 g/mol. The van der Waals surface area contributed by atoms with Gasteiger partial charge in [0.2, 0.25) is 5.91 Å². The molecule has 5 saturated carbocycles. The van der Waals surface area contributed by atoms with Crippen LogP contribution in [0.1, 0.15) is 56.3 Å². The summed E-state index contributed by atoms with van der Waals surface area (Å²) in [5, 5.41) is 28.4. The molecule has 1 aromatic rings. The first-order valence-electron chi connectivity index (χ1n) is 15.4. The smallest absolute Gasteiger partial charge is 0.340 e. The van der Waals surface area contributed by atoms with Crippen LogP contribution in [0.2, 0.25) is 0 Å². The number of hydrogen-bond donors (Lipinski definition) is 3. The van der Waals surface area contributed by atoms with Gasteiger partial charge in [-0.1, -0.05) is 19.1 Å². The van der Waals surface area contributed by atoms with Crippen molar-refractivity contribution < 1.29 is 38.7 Å². The van der Waals surface area contributed by atoms with Gasteiger partial charge in [0.25, 0.3) is 0 Å². The number of likely N-dealkylation sites (tertiary alicyclic amines) is 1. The number of amides is 1. The van der Waals surface area contributed by atoms with Crippen molar-refractivity contribution in [3.63, 3.8) is 0 Å². The minimum absolute atomic E-state index is 0.0432. The highest BCUT2D eigenvalue weighted by molar-refractivity contribution is 6.00. The topological polar surface area (TPSA) is 127 Å². The van der Waals surface area contributed by atoms with Crippen molar-refractivity contribution in [2.45, 2.75) is 87.1 Å². The molecule has 10 heteroatoms. The fourth-order valence-electron chi connectivity index (χ4n) is 11.6. The molecule has 6 aliphatic rings. The van der Waals surface area contributed by atoms with Gasteiger partial charge in [0, 0.05) is 76.3 Å². The minimum atomic E-state index is -1.48. The van der Waals surface area contributed by atoms with Crippen LogP contribution in [0.4, 0.5) is 5.69 Å². The largest absolute Gasteiger partial charge is 0.454 e. The number of esters is 1. The van der Waals surface area contributed by atoms with E-state index in [1.165, 1.54) is 6.92 Å². The number of nitrogens with one attached hydrogen (secondary N) is 1. The molecule has 7 rings (SSSR count). The molecule has 5 aliphatic carbocycles. The Bertz CT molecular complexity index is 1290. The van der Waals surface area contributed by atoms with Gasteiger partial charge in [-0.15, -0.1) is 0 Å². The third-order valence-corrected chi connectivity index (χ3v) is 12.6. The van der Waals surface area contributed by atoms with E-state index in [2.05, 4.69) is 17.1 Å². The van der Waals surface area contributed by atoms with Crippen molar-refractivity contribution in [1.82, 2.24) is 4.90 Å². The summed E-state index contributed by atoms with van der Waals surface area (Å²) < 4.78 is 25.1. The van der Waals surface area contributed by atoms with Gasteiger partial charge >= 0.3 is 5.97 Å². The standard InChI is InChI=1S/C32H44N2O8/c1-6-34-16-29(42-28(36)18-9-7-8-10-21(18)33-17(2)35)12-11-25(40-4)31-23(29)14-20(26(31)34)30(37)15-22(39-3)19-13-24(31)32(30,38)27(19)41-5/h7-10,19-20,22-27,37-38H,6,11-16H2,1-5H3,(H,33,35)/t19-,20-,22+,23-,24-,25+,26?,27-,29-,30+,31+,32+/m1/s1. The number of carbonyl (C=O) groups excluding carboxylic acids is 2. The number of benzene rings is 1. The fourth-order valence-corrected chi connectivity index (χ4v) is 11.6. The van der Waals surface area contributed by atoms with Gasteiger partial charge in [0.15, 0.2) is 0 Å². The molecule has 42 heavy (non-hydrogen) atoms. The maximum atomic E-state index is 14.0. The highest BCUT2D eigenvalue weighted by Gasteiger charge is 2.89. The Hall–Kier alpha value is -2.08. The number of aliphatic hydroxyl groups is 2. The summed E-state index contributed by atoms with van der Waals surface area (Å²) in [7, 11) is 5.05. The molecule has 7 bridgehead atoms. The molecule has 0 radical (unpaired) electrons. The molecule has 3 N–H and O–H groups in total. The van der Waals surface area contributed by atoms with E-state index in [1.54, 1.807) is 45.6 Å². The molecule has 1 heterocycles. The predicted octanol–water partition coefficient (Wildman–Crippen LogP) is 2.22. The third kappa shape index (κ3) is 3.21. The highest BCUT2D eigenvalue weighted by Crippen LogP contribution is 2.79. The number of para-hydroxylation sites is 1. The lowest BCUT2D eigenvalue weighted by molar-refractivity contribution is -0.337. The van der Waals surface area contributed by atoms with Gasteiger partial charge in [-0.25, -0.2) is 4.79 Å².